The Morgan fingerprint density at radius 1 is 1.75 bits per heavy atom. The summed E-state index contributed by atoms with van der Waals surface area (Å²) in [6, 6.07) is 0. The maximum atomic E-state index is 5.81. The third kappa shape index (κ3) is 2.91. The molecule has 0 unspecified atom stereocenters. The van der Waals surface area contributed by atoms with E-state index in [1.165, 1.54) is 0 Å². The zero-order valence-corrected chi connectivity index (χ0v) is 9.67. The summed E-state index contributed by atoms with van der Waals surface area (Å²) >= 11 is 7.91. The summed E-state index contributed by atoms with van der Waals surface area (Å²) in [6.07, 6.45) is 1.81. The highest BCUT2D eigenvalue weighted by Crippen LogP contribution is 2.15. The van der Waals surface area contributed by atoms with E-state index in [0.717, 1.165) is 16.9 Å². The first-order chi connectivity index (χ1) is 5.74. The Labute approximate surface area is 90.2 Å². The fourth-order valence-electron chi connectivity index (χ4n) is 0.790. The minimum Gasteiger partial charge on any atom is -0.380 e. The van der Waals surface area contributed by atoms with Gasteiger partial charge in [-0.2, -0.15) is 5.10 Å². The third-order valence-electron chi connectivity index (χ3n) is 1.34. The predicted molar refractivity (Wildman–Crippen MR) is 56.4 cm³/mol. The van der Waals surface area contributed by atoms with Gasteiger partial charge in [0.2, 0.25) is 0 Å². The molecule has 0 aliphatic carbocycles. The summed E-state index contributed by atoms with van der Waals surface area (Å²) in [5.41, 5.74) is 0. The van der Waals surface area contributed by atoms with Crippen LogP contribution in [0.1, 0.15) is 6.92 Å². The first kappa shape index (κ1) is 10.3. The number of hydrogen-bond donors (Lipinski definition) is 0. The maximum Gasteiger partial charge on any atom is 0.141 e. The molecule has 0 aliphatic heterocycles. The topological polar surface area (TPSA) is 27.1 Å². The molecule has 1 heterocycles. The molecule has 1 aromatic rings. The normalized spacial score (nSPS) is 10.6. The zero-order chi connectivity index (χ0) is 8.97. The van der Waals surface area contributed by atoms with Crippen molar-refractivity contribution in [1.82, 2.24) is 9.78 Å². The molecular weight excluding hydrogens is 290 g/mol. The second kappa shape index (κ2) is 5.04. The van der Waals surface area contributed by atoms with Crippen molar-refractivity contribution in [1.29, 1.82) is 0 Å². The van der Waals surface area contributed by atoms with E-state index in [9.17, 15) is 0 Å². The van der Waals surface area contributed by atoms with Gasteiger partial charge in [-0.25, -0.2) is 0 Å². The van der Waals surface area contributed by atoms with Crippen molar-refractivity contribution >= 4 is 34.2 Å². The highest BCUT2D eigenvalue weighted by Gasteiger charge is 2.01. The van der Waals surface area contributed by atoms with E-state index < -0.39 is 0 Å². The van der Waals surface area contributed by atoms with Crippen LogP contribution in [0.5, 0.6) is 0 Å². The second-order valence-corrected chi connectivity index (χ2v) is 3.66. The summed E-state index contributed by atoms with van der Waals surface area (Å²) in [4.78, 5) is 0. The number of hydrogen-bond acceptors (Lipinski definition) is 2. The molecule has 0 amide bonds. The smallest absolute Gasteiger partial charge is 0.141 e. The molecule has 0 N–H and O–H groups in total. The summed E-state index contributed by atoms with van der Waals surface area (Å²) in [6.45, 7) is 4.16. The van der Waals surface area contributed by atoms with Crippen molar-refractivity contribution in [2.24, 2.45) is 0 Å². The van der Waals surface area contributed by atoms with Crippen LogP contribution in [0.15, 0.2) is 6.20 Å². The maximum absolute atomic E-state index is 5.81. The lowest BCUT2D eigenvalue weighted by molar-refractivity contribution is 0.136. The SMILES string of the molecule is CCOCCn1cc(Cl)c(I)n1. The lowest BCUT2D eigenvalue weighted by Gasteiger charge is -2.00. The van der Waals surface area contributed by atoms with Crippen LogP contribution >= 0.6 is 34.2 Å². The van der Waals surface area contributed by atoms with Gasteiger partial charge in [-0.15, -0.1) is 0 Å². The van der Waals surface area contributed by atoms with E-state index in [4.69, 9.17) is 16.3 Å². The highest BCUT2D eigenvalue weighted by atomic mass is 127. The molecule has 0 fully saturated rings. The Hall–Kier alpha value is 0.190. The van der Waals surface area contributed by atoms with Gasteiger partial charge < -0.3 is 4.74 Å². The van der Waals surface area contributed by atoms with Gasteiger partial charge in [-0.05, 0) is 29.5 Å². The molecule has 0 radical (unpaired) electrons. The molecule has 1 rings (SSSR count). The van der Waals surface area contributed by atoms with Gasteiger partial charge in [0.1, 0.15) is 3.70 Å². The van der Waals surface area contributed by atoms with Gasteiger partial charge in [0.25, 0.3) is 0 Å². The number of rotatable bonds is 4. The van der Waals surface area contributed by atoms with Gasteiger partial charge in [0.05, 0.1) is 18.2 Å². The van der Waals surface area contributed by atoms with Crippen molar-refractivity contribution in [3.05, 3.63) is 14.9 Å². The number of nitrogens with zero attached hydrogens (tertiary/aromatic N) is 2. The van der Waals surface area contributed by atoms with Gasteiger partial charge in [0, 0.05) is 12.8 Å². The lowest BCUT2D eigenvalue weighted by Crippen LogP contribution is -2.06. The molecule has 3 nitrogen and oxygen atoms in total. The molecule has 12 heavy (non-hydrogen) atoms. The fourth-order valence-corrected chi connectivity index (χ4v) is 1.36. The Kier molecular flexibility index (Phi) is 4.31. The Morgan fingerprint density at radius 3 is 3.00 bits per heavy atom. The van der Waals surface area contributed by atoms with Crippen LogP contribution in [0.2, 0.25) is 5.02 Å². The average Bonchev–Trinajstić information content (AvgIpc) is 2.32. The molecule has 0 aromatic carbocycles. The molecule has 0 saturated heterocycles. The number of ether oxygens (including phenoxy) is 1. The third-order valence-corrected chi connectivity index (χ3v) is 2.74. The van der Waals surface area contributed by atoms with Gasteiger partial charge in [-0.3, -0.25) is 4.68 Å². The van der Waals surface area contributed by atoms with Gasteiger partial charge >= 0.3 is 0 Å². The molecule has 0 bridgehead atoms. The Morgan fingerprint density at radius 2 is 2.50 bits per heavy atom. The van der Waals surface area contributed by atoms with E-state index in [1.54, 1.807) is 4.68 Å². The quantitative estimate of drug-likeness (QED) is 0.629. The average molecular weight is 301 g/mol. The van der Waals surface area contributed by atoms with Gasteiger partial charge in [-0.1, -0.05) is 11.6 Å². The molecule has 0 spiro atoms. The van der Waals surface area contributed by atoms with Crippen molar-refractivity contribution in [2.45, 2.75) is 13.5 Å². The number of halogens is 2. The molecule has 0 aliphatic rings. The molecule has 5 heteroatoms. The first-order valence-electron chi connectivity index (χ1n) is 3.70. The lowest BCUT2D eigenvalue weighted by atomic mass is 10.6. The van der Waals surface area contributed by atoms with Crippen molar-refractivity contribution in [3.63, 3.8) is 0 Å². The van der Waals surface area contributed by atoms with Gasteiger partial charge in [0.15, 0.2) is 0 Å². The fraction of sp³-hybridized carbons (Fsp3) is 0.571. The summed E-state index contributed by atoms with van der Waals surface area (Å²) in [5, 5.41) is 4.87. The highest BCUT2D eigenvalue weighted by molar-refractivity contribution is 14.1. The van der Waals surface area contributed by atoms with Crippen LogP contribution in [0.4, 0.5) is 0 Å². The summed E-state index contributed by atoms with van der Waals surface area (Å²) < 4.78 is 7.81. The Balaban J connectivity index is 2.42. The largest absolute Gasteiger partial charge is 0.380 e. The van der Waals surface area contributed by atoms with Crippen LogP contribution in [0.3, 0.4) is 0 Å². The van der Waals surface area contributed by atoms with Crippen molar-refractivity contribution in [2.75, 3.05) is 13.2 Å². The van der Waals surface area contributed by atoms with Crippen LogP contribution in [0.25, 0.3) is 0 Å². The van der Waals surface area contributed by atoms with E-state index in [-0.39, 0.29) is 0 Å². The zero-order valence-electron chi connectivity index (χ0n) is 6.76. The molecule has 68 valence electrons. The molecule has 0 saturated carbocycles. The number of aromatic nitrogens is 2. The summed E-state index contributed by atoms with van der Waals surface area (Å²) in [5.74, 6) is 0. The summed E-state index contributed by atoms with van der Waals surface area (Å²) in [7, 11) is 0. The minimum atomic E-state index is 0.685. The van der Waals surface area contributed by atoms with Crippen molar-refractivity contribution in [3.8, 4) is 0 Å². The van der Waals surface area contributed by atoms with Crippen LogP contribution < -0.4 is 0 Å². The standard InChI is InChI=1S/C7H10ClIN2O/c1-2-12-4-3-11-5-6(8)7(9)10-11/h5H,2-4H2,1H3. The first-order valence-corrected chi connectivity index (χ1v) is 5.16. The van der Waals surface area contributed by atoms with Crippen LogP contribution in [-0.2, 0) is 11.3 Å². The molecule has 0 atom stereocenters. The molecular formula is C7H10ClIN2O. The molecule has 1 aromatic heterocycles. The van der Waals surface area contributed by atoms with E-state index in [1.807, 2.05) is 13.1 Å². The van der Waals surface area contributed by atoms with E-state index in [0.29, 0.717) is 11.6 Å². The van der Waals surface area contributed by atoms with E-state index >= 15 is 0 Å². The van der Waals surface area contributed by atoms with Crippen LogP contribution in [-0.4, -0.2) is 23.0 Å². The second-order valence-electron chi connectivity index (χ2n) is 2.23. The van der Waals surface area contributed by atoms with E-state index in [2.05, 4.69) is 27.7 Å². The minimum absolute atomic E-state index is 0.685. The van der Waals surface area contributed by atoms with Crippen LogP contribution in [0, 0.1) is 3.70 Å². The monoisotopic (exact) mass is 300 g/mol. The Bertz CT molecular complexity index is 232. The van der Waals surface area contributed by atoms with Crippen molar-refractivity contribution < 1.29 is 4.74 Å². The predicted octanol–water partition coefficient (Wildman–Crippen LogP) is 2.18.